The average molecular weight is 519 g/mol. The number of aryl methyl sites for hydroxylation is 1. The van der Waals surface area contributed by atoms with Gasteiger partial charge in [0.05, 0.1) is 15.9 Å². The van der Waals surface area contributed by atoms with Gasteiger partial charge >= 0.3 is 0 Å². The van der Waals surface area contributed by atoms with Crippen molar-refractivity contribution in [2.24, 2.45) is 0 Å². The number of amides is 2. The Labute approximate surface area is 215 Å². The molecule has 3 aromatic carbocycles. The van der Waals surface area contributed by atoms with E-state index >= 15 is 0 Å². The Balaban J connectivity index is 1.33. The number of nitrogens with zero attached hydrogens (tertiary/aromatic N) is 2. The smallest absolute Gasteiger partial charge is 0.270 e. The summed E-state index contributed by atoms with van der Waals surface area (Å²) in [5.74, 6) is -0.383. The summed E-state index contributed by atoms with van der Waals surface area (Å²) in [6.07, 6.45) is 0. The number of non-ortho nitro benzene ring substituents is 1. The molecule has 1 aromatic heterocycles. The van der Waals surface area contributed by atoms with Gasteiger partial charge < -0.3 is 10.6 Å². The third-order valence-electron chi connectivity index (χ3n) is 5.27. The number of nitrogens with one attached hydrogen (secondary N) is 2. The average Bonchev–Trinajstić information content (AvgIpc) is 3.34. The Morgan fingerprint density at radius 1 is 1.03 bits per heavy atom. The van der Waals surface area contributed by atoms with Gasteiger partial charge in [0.25, 0.3) is 11.6 Å². The van der Waals surface area contributed by atoms with Crippen LogP contribution < -0.4 is 10.6 Å². The molecule has 0 saturated carbocycles. The molecule has 2 amide bonds. The van der Waals surface area contributed by atoms with Crippen LogP contribution in [0.25, 0.3) is 11.3 Å². The van der Waals surface area contributed by atoms with Crippen molar-refractivity contribution in [1.29, 1.82) is 0 Å². The van der Waals surface area contributed by atoms with Gasteiger partial charge in [-0.3, -0.25) is 19.7 Å². The van der Waals surface area contributed by atoms with E-state index < -0.39 is 10.2 Å². The second-order valence-corrected chi connectivity index (χ2v) is 10.2. The molecule has 1 unspecified atom stereocenters. The number of hydrogen-bond donors (Lipinski definition) is 2. The highest BCUT2D eigenvalue weighted by atomic mass is 32.2. The fourth-order valence-electron chi connectivity index (χ4n) is 3.35. The lowest BCUT2D eigenvalue weighted by Gasteiger charge is -2.12. The first-order valence-corrected chi connectivity index (χ1v) is 12.7. The zero-order chi connectivity index (χ0) is 25.7. The van der Waals surface area contributed by atoms with E-state index in [0.29, 0.717) is 27.6 Å². The number of nitro benzene ring substituents is 1. The Bertz CT molecular complexity index is 1420. The number of rotatable bonds is 8. The summed E-state index contributed by atoms with van der Waals surface area (Å²) in [6, 6.07) is 20.9. The van der Waals surface area contributed by atoms with Gasteiger partial charge in [-0.1, -0.05) is 30.3 Å². The number of carbonyl (C=O) groups excluding carboxylic acids is 2. The molecule has 0 spiro atoms. The van der Waals surface area contributed by atoms with Crippen molar-refractivity contribution in [3.8, 4) is 11.3 Å². The molecular formula is C26H22N4O4S2. The number of hydrogen-bond acceptors (Lipinski definition) is 7. The highest BCUT2D eigenvalue weighted by Gasteiger charge is 2.17. The highest BCUT2D eigenvalue weighted by molar-refractivity contribution is 8.00. The van der Waals surface area contributed by atoms with Crippen LogP contribution in [0.1, 0.15) is 22.8 Å². The molecule has 0 aliphatic carbocycles. The normalized spacial score (nSPS) is 11.5. The van der Waals surface area contributed by atoms with Gasteiger partial charge in [-0.05, 0) is 49.7 Å². The molecule has 10 heteroatoms. The minimum Gasteiger partial charge on any atom is -0.322 e. The lowest BCUT2D eigenvalue weighted by atomic mass is 10.1. The monoisotopic (exact) mass is 518 g/mol. The molecule has 182 valence electrons. The molecular weight excluding hydrogens is 496 g/mol. The number of benzene rings is 3. The van der Waals surface area contributed by atoms with Crippen LogP contribution in [0.4, 0.5) is 16.5 Å². The maximum atomic E-state index is 12.7. The van der Waals surface area contributed by atoms with Crippen LogP contribution in [0.2, 0.25) is 0 Å². The van der Waals surface area contributed by atoms with E-state index in [-0.39, 0.29) is 17.5 Å². The van der Waals surface area contributed by atoms with Crippen molar-refractivity contribution in [1.82, 2.24) is 4.98 Å². The minimum absolute atomic E-state index is 0.0168. The van der Waals surface area contributed by atoms with Gasteiger partial charge in [0.1, 0.15) is 0 Å². The number of aromatic nitrogens is 1. The number of thioether (sulfide) groups is 1. The van der Waals surface area contributed by atoms with E-state index in [0.717, 1.165) is 10.5 Å². The van der Waals surface area contributed by atoms with Crippen LogP contribution in [0.5, 0.6) is 0 Å². The van der Waals surface area contributed by atoms with E-state index in [1.54, 1.807) is 42.6 Å². The third kappa shape index (κ3) is 6.15. The summed E-state index contributed by atoms with van der Waals surface area (Å²) in [7, 11) is 0. The molecule has 4 aromatic rings. The van der Waals surface area contributed by atoms with Crippen molar-refractivity contribution in [2.45, 2.75) is 24.0 Å². The van der Waals surface area contributed by atoms with Gasteiger partial charge in [0.2, 0.25) is 5.91 Å². The number of anilines is 2. The number of carbonyl (C=O) groups is 2. The van der Waals surface area contributed by atoms with Gasteiger partial charge in [-0.2, -0.15) is 0 Å². The largest absolute Gasteiger partial charge is 0.322 e. The summed E-state index contributed by atoms with van der Waals surface area (Å²) < 4.78 is 0. The summed E-state index contributed by atoms with van der Waals surface area (Å²) in [5, 5.41) is 18.5. The minimum atomic E-state index is -0.456. The quantitative estimate of drug-likeness (QED) is 0.158. The number of thiazole rings is 1. The molecule has 0 aliphatic heterocycles. The van der Waals surface area contributed by atoms with Crippen LogP contribution in [-0.4, -0.2) is 27.0 Å². The fraction of sp³-hybridized carbons (Fsp3) is 0.115. The van der Waals surface area contributed by atoms with Crippen LogP contribution in [0.3, 0.4) is 0 Å². The van der Waals surface area contributed by atoms with Crippen LogP contribution in [0.15, 0.2) is 83.1 Å². The Morgan fingerprint density at radius 3 is 2.50 bits per heavy atom. The zero-order valence-electron chi connectivity index (χ0n) is 19.4. The molecule has 8 nitrogen and oxygen atoms in total. The van der Waals surface area contributed by atoms with Gasteiger partial charge in [0.15, 0.2) is 5.13 Å². The van der Waals surface area contributed by atoms with E-state index in [2.05, 4.69) is 15.6 Å². The molecule has 4 rings (SSSR count). The lowest BCUT2D eigenvalue weighted by Crippen LogP contribution is -2.22. The molecule has 1 atom stereocenters. The predicted octanol–water partition coefficient (Wildman–Crippen LogP) is 6.40. The molecule has 0 saturated heterocycles. The van der Waals surface area contributed by atoms with E-state index in [4.69, 9.17) is 0 Å². The first kappa shape index (κ1) is 25.1. The summed E-state index contributed by atoms with van der Waals surface area (Å²) in [6.45, 7) is 3.68. The second-order valence-electron chi connectivity index (χ2n) is 7.89. The zero-order valence-corrected chi connectivity index (χ0v) is 21.1. The van der Waals surface area contributed by atoms with Gasteiger partial charge in [-0.25, -0.2) is 4.98 Å². The van der Waals surface area contributed by atoms with E-state index in [1.807, 2.05) is 37.3 Å². The first-order chi connectivity index (χ1) is 17.3. The summed E-state index contributed by atoms with van der Waals surface area (Å²) >= 11 is 2.64. The van der Waals surface area contributed by atoms with E-state index in [9.17, 15) is 19.7 Å². The maximum Gasteiger partial charge on any atom is 0.270 e. The maximum absolute atomic E-state index is 12.7. The molecule has 0 bridgehead atoms. The molecule has 36 heavy (non-hydrogen) atoms. The molecule has 0 fully saturated rings. The SMILES string of the molecule is Cc1ccccc1C(=O)Nc1ccc(SC(C)C(=O)Nc2nc(-c3cccc([N+](=O)[O-])c3)cs2)cc1. The number of nitro groups is 1. The van der Waals surface area contributed by atoms with Crippen LogP contribution >= 0.6 is 23.1 Å². The van der Waals surface area contributed by atoms with E-state index in [1.165, 1.54) is 35.2 Å². The van der Waals surface area contributed by atoms with Crippen LogP contribution in [0, 0.1) is 17.0 Å². The molecule has 1 heterocycles. The van der Waals surface area contributed by atoms with Crippen molar-refractivity contribution in [3.05, 3.63) is 99.4 Å². The van der Waals surface area contributed by atoms with Crippen molar-refractivity contribution < 1.29 is 14.5 Å². The topological polar surface area (TPSA) is 114 Å². The predicted molar refractivity (Wildman–Crippen MR) is 144 cm³/mol. The molecule has 0 radical (unpaired) electrons. The van der Waals surface area contributed by atoms with Crippen LogP contribution in [-0.2, 0) is 4.79 Å². The fourth-order valence-corrected chi connectivity index (χ4v) is 4.94. The second kappa shape index (κ2) is 11.1. The van der Waals surface area contributed by atoms with Crippen molar-refractivity contribution >= 4 is 51.4 Å². The molecule has 0 aliphatic rings. The third-order valence-corrected chi connectivity index (χ3v) is 7.14. The lowest BCUT2D eigenvalue weighted by molar-refractivity contribution is -0.384. The Kier molecular flexibility index (Phi) is 7.77. The Morgan fingerprint density at radius 2 is 1.78 bits per heavy atom. The highest BCUT2D eigenvalue weighted by Crippen LogP contribution is 2.29. The standard InChI is InChI=1S/C26H22N4O4S2/c1-16-6-3-4-9-22(16)25(32)27-19-10-12-21(13-11-19)36-17(2)24(31)29-26-28-23(15-35-26)18-7-5-8-20(14-18)30(33)34/h3-15,17H,1-2H3,(H,27,32)(H,28,29,31). The van der Waals surface area contributed by atoms with Gasteiger partial charge in [0, 0.05) is 39.2 Å². The summed E-state index contributed by atoms with van der Waals surface area (Å²) in [4.78, 5) is 41.0. The van der Waals surface area contributed by atoms with Crippen molar-refractivity contribution in [2.75, 3.05) is 10.6 Å². The Hall–Kier alpha value is -4.02. The molecule has 2 N–H and O–H groups in total. The van der Waals surface area contributed by atoms with Gasteiger partial charge in [-0.15, -0.1) is 23.1 Å². The summed E-state index contributed by atoms with van der Waals surface area (Å²) in [5.41, 5.74) is 3.34. The van der Waals surface area contributed by atoms with Crippen molar-refractivity contribution in [3.63, 3.8) is 0 Å². The first-order valence-electron chi connectivity index (χ1n) is 10.9.